The van der Waals surface area contributed by atoms with Gasteiger partial charge >= 0.3 is 0 Å². The Morgan fingerprint density at radius 2 is 1.84 bits per heavy atom. The smallest absolute Gasteiger partial charge is 0.236 e. The van der Waals surface area contributed by atoms with Crippen LogP contribution in [0.5, 0.6) is 0 Å². The first-order valence-corrected chi connectivity index (χ1v) is 11.6. The maximum absolute atomic E-state index is 14.0. The van der Waals surface area contributed by atoms with Crippen LogP contribution in [0.1, 0.15) is 36.8 Å². The van der Waals surface area contributed by atoms with Crippen LogP contribution in [0.25, 0.3) is 0 Å². The normalized spacial score (nSPS) is 29.2. The van der Waals surface area contributed by atoms with Gasteiger partial charge in [0.2, 0.25) is 11.8 Å². The highest BCUT2D eigenvalue weighted by atomic mass is 35.5. The fourth-order valence-electron chi connectivity index (χ4n) is 5.84. The van der Waals surface area contributed by atoms with Crippen LogP contribution in [-0.2, 0) is 15.0 Å². The molecule has 0 radical (unpaired) electrons. The van der Waals surface area contributed by atoms with Gasteiger partial charge in [0.05, 0.1) is 5.41 Å². The molecule has 4 nitrogen and oxygen atoms in total. The quantitative estimate of drug-likeness (QED) is 0.602. The molecule has 5 rings (SSSR count). The number of carbonyl (C=O) groups is 2. The fraction of sp³-hybridized carbons (Fsp3) is 0.308. The third kappa shape index (κ3) is 3.37. The molecule has 32 heavy (non-hydrogen) atoms. The number of benzene rings is 2. The number of carbonyl (C=O) groups excluding carboxylic acids is 2. The third-order valence-corrected chi connectivity index (χ3v) is 7.63. The molecule has 2 aromatic carbocycles. The molecule has 0 bridgehead atoms. The number of hydrogen-bond donors (Lipinski definition) is 2. The lowest BCUT2D eigenvalue weighted by Gasteiger charge is -2.44. The summed E-state index contributed by atoms with van der Waals surface area (Å²) in [4.78, 5) is 26.9. The van der Waals surface area contributed by atoms with Crippen LogP contribution in [-0.4, -0.2) is 18.4 Å². The van der Waals surface area contributed by atoms with Crippen molar-refractivity contribution in [3.8, 4) is 0 Å². The second-order valence-electron chi connectivity index (χ2n) is 9.00. The summed E-state index contributed by atoms with van der Waals surface area (Å²) in [5.41, 5.74) is 2.85. The molecule has 2 aliphatic heterocycles. The highest BCUT2D eigenvalue weighted by molar-refractivity contribution is 6.31. The fourth-order valence-corrected chi connectivity index (χ4v) is 6.22. The van der Waals surface area contributed by atoms with Crippen LogP contribution >= 0.6 is 23.2 Å². The van der Waals surface area contributed by atoms with Gasteiger partial charge < -0.3 is 10.6 Å². The summed E-state index contributed by atoms with van der Waals surface area (Å²) >= 11 is 12.6. The molecule has 1 unspecified atom stereocenters. The number of nitrogens with one attached hydrogen (secondary N) is 2. The van der Waals surface area contributed by atoms with E-state index in [1.54, 1.807) is 6.07 Å². The Hall–Kier alpha value is -2.56. The first kappa shape index (κ1) is 21.3. The summed E-state index contributed by atoms with van der Waals surface area (Å²) in [7, 11) is 0. The van der Waals surface area contributed by atoms with Crippen molar-refractivity contribution >= 4 is 40.7 Å². The van der Waals surface area contributed by atoms with E-state index < -0.39 is 5.41 Å². The van der Waals surface area contributed by atoms with Crippen molar-refractivity contribution in [1.82, 2.24) is 5.32 Å². The SMILES string of the molecule is CC1=CC=CC([C@H]2CNC(=O)C[C@@H](c3cccc(Cl)c3)[C@]23C(=O)Nc2cc(Cl)ccc23)C1. The highest BCUT2D eigenvalue weighted by Gasteiger charge is 2.60. The summed E-state index contributed by atoms with van der Waals surface area (Å²) in [6.07, 6.45) is 7.39. The molecule has 6 heteroatoms. The van der Waals surface area contributed by atoms with Gasteiger partial charge in [0, 0.05) is 40.5 Å². The van der Waals surface area contributed by atoms with Gasteiger partial charge in [0.15, 0.2) is 0 Å². The zero-order chi connectivity index (χ0) is 22.5. The Morgan fingerprint density at radius 1 is 1.03 bits per heavy atom. The Bertz CT molecular complexity index is 1170. The number of amides is 2. The highest BCUT2D eigenvalue weighted by Crippen LogP contribution is 2.57. The molecule has 1 aliphatic carbocycles. The van der Waals surface area contributed by atoms with Gasteiger partial charge in [-0.3, -0.25) is 9.59 Å². The standard InChI is InChI=1S/C26H24Cl2N2O2/c1-15-4-2-5-16(10-15)22-14-29-24(31)13-21(17-6-3-7-18(27)11-17)26(22)20-9-8-19(28)12-23(20)30-25(26)32/h2-9,11-12,16,21-22H,10,13-14H2,1H3,(H,29,31)(H,30,32)/t16?,21-,22+,26-/m0/s1. The summed E-state index contributed by atoms with van der Waals surface area (Å²) < 4.78 is 0. The second-order valence-corrected chi connectivity index (χ2v) is 9.87. The van der Waals surface area contributed by atoms with Crippen LogP contribution < -0.4 is 10.6 Å². The predicted octanol–water partition coefficient (Wildman–Crippen LogP) is 5.63. The van der Waals surface area contributed by atoms with Gasteiger partial charge in [0.25, 0.3) is 0 Å². The van der Waals surface area contributed by atoms with E-state index in [4.69, 9.17) is 23.2 Å². The second kappa shape index (κ2) is 8.09. The molecule has 4 atom stereocenters. The number of hydrogen-bond acceptors (Lipinski definition) is 2. The van der Waals surface area contributed by atoms with E-state index >= 15 is 0 Å². The zero-order valence-corrected chi connectivity index (χ0v) is 19.2. The van der Waals surface area contributed by atoms with E-state index in [-0.39, 0.29) is 36.0 Å². The molecular weight excluding hydrogens is 443 g/mol. The van der Waals surface area contributed by atoms with E-state index in [0.29, 0.717) is 16.6 Å². The van der Waals surface area contributed by atoms with Gasteiger partial charge in [0.1, 0.15) is 0 Å². The number of anilines is 1. The van der Waals surface area contributed by atoms with Gasteiger partial charge in [-0.05, 0) is 54.7 Å². The van der Waals surface area contributed by atoms with E-state index in [2.05, 4.69) is 35.8 Å². The number of rotatable bonds is 2. The number of allylic oxidation sites excluding steroid dienone is 4. The monoisotopic (exact) mass is 466 g/mol. The molecule has 1 fully saturated rings. The van der Waals surface area contributed by atoms with Crippen molar-refractivity contribution in [3.05, 3.63) is 87.4 Å². The van der Waals surface area contributed by atoms with Gasteiger partial charge in [-0.1, -0.05) is 65.2 Å². The molecule has 2 aromatic rings. The van der Waals surface area contributed by atoms with Crippen molar-refractivity contribution in [3.63, 3.8) is 0 Å². The Labute approximate surface area is 197 Å². The summed E-state index contributed by atoms with van der Waals surface area (Å²) in [6, 6.07) is 13.1. The first-order valence-electron chi connectivity index (χ1n) is 10.9. The molecule has 2 N–H and O–H groups in total. The average Bonchev–Trinajstić information content (AvgIpc) is 2.93. The molecule has 2 amide bonds. The van der Waals surface area contributed by atoms with Gasteiger partial charge in [-0.2, -0.15) is 0 Å². The first-order chi connectivity index (χ1) is 15.4. The number of halogens is 2. The Balaban J connectivity index is 1.77. The molecule has 3 aliphatic rings. The molecule has 1 spiro atoms. The summed E-state index contributed by atoms with van der Waals surface area (Å²) in [6.45, 7) is 2.53. The van der Waals surface area contributed by atoms with E-state index in [1.807, 2.05) is 36.4 Å². The maximum atomic E-state index is 14.0. The third-order valence-electron chi connectivity index (χ3n) is 7.16. The lowest BCUT2D eigenvalue weighted by Crippen LogP contribution is -2.51. The molecule has 164 valence electrons. The zero-order valence-electron chi connectivity index (χ0n) is 17.7. The average molecular weight is 467 g/mol. The lowest BCUT2D eigenvalue weighted by molar-refractivity contribution is -0.124. The minimum Gasteiger partial charge on any atom is -0.356 e. The van der Waals surface area contributed by atoms with Crippen molar-refractivity contribution in [2.75, 3.05) is 11.9 Å². The van der Waals surface area contributed by atoms with Crippen LogP contribution in [0.3, 0.4) is 0 Å². The largest absolute Gasteiger partial charge is 0.356 e. The van der Waals surface area contributed by atoms with Crippen molar-refractivity contribution < 1.29 is 9.59 Å². The lowest BCUT2D eigenvalue weighted by atomic mass is 9.56. The molecule has 1 saturated heterocycles. The minimum absolute atomic E-state index is 0.0564. The molecule has 0 aromatic heterocycles. The van der Waals surface area contributed by atoms with Crippen molar-refractivity contribution in [2.24, 2.45) is 11.8 Å². The summed E-state index contributed by atoms with van der Waals surface area (Å²) in [5, 5.41) is 7.36. The predicted molar refractivity (Wildman–Crippen MR) is 128 cm³/mol. The van der Waals surface area contributed by atoms with Gasteiger partial charge in [-0.25, -0.2) is 0 Å². The van der Waals surface area contributed by atoms with E-state index in [1.165, 1.54) is 5.57 Å². The van der Waals surface area contributed by atoms with E-state index in [9.17, 15) is 9.59 Å². The molecule has 2 heterocycles. The van der Waals surface area contributed by atoms with Crippen LogP contribution in [0, 0.1) is 11.8 Å². The summed E-state index contributed by atoms with van der Waals surface area (Å²) in [5.74, 6) is -0.538. The van der Waals surface area contributed by atoms with Crippen LogP contribution in [0.15, 0.2) is 66.3 Å². The topological polar surface area (TPSA) is 58.2 Å². The maximum Gasteiger partial charge on any atom is 0.236 e. The van der Waals surface area contributed by atoms with E-state index in [0.717, 1.165) is 23.2 Å². The Kier molecular flexibility index (Phi) is 5.39. The number of fused-ring (bicyclic) bond motifs is 2. The Morgan fingerprint density at radius 3 is 2.62 bits per heavy atom. The van der Waals surface area contributed by atoms with Gasteiger partial charge in [-0.15, -0.1) is 0 Å². The van der Waals surface area contributed by atoms with Crippen LogP contribution in [0.4, 0.5) is 5.69 Å². The van der Waals surface area contributed by atoms with Crippen molar-refractivity contribution in [2.45, 2.75) is 31.1 Å². The molecule has 0 saturated carbocycles. The molecular formula is C26H24Cl2N2O2. The minimum atomic E-state index is -0.934. The van der Waals surface area contributed by atoms with Crippen molar-refractivity contribution in [1.29, 1.82) is 0 Å². The van der Waals surface area contributed by atoms with Crippen LogP contribution in [0.2, 0.25) is 10.0 Å².